The second-order valence-electron chi connectivity index (χ2n) is 5.88. The molecule has 132 valence electrons. The maximum atomic E-state index is 12.2. The number of benzene rings is 1. The van der Waals surface area contributed by atoms with Crippen molar-refractivity contribution in [2.45, 2.75) is 25.7 Å². The number of nitriles is 1. The van der Waals surface area contributed by atoms with E-state index < -0.39 is 24.3 Å². The lowest BCUT2D eigenvalue weighted by atomic mass is 10.1. The maximum absolute atomic E-state index is 12.2. The summed E-state index contributed by atoms with van der Waals surface area (Å²) in [6.07, 6.45) is 2.56. The van der Waals surface area contributed by atoms with E-state index in [1.165, 1.54) is 11.3 Å². The first-order valence-corrected chi connectivity index (χ1v) is 9.01. The number of Topliss-reactive ketones (excluding diaryl/α,β-unsaturated/α-hetero) is 1. The number of nitrogens with one attached hydrogen (secondary N) is 1. The quantitative estimate of drug-likeness (QED) is 0.647. The molecule has 1 atom stereocenters. The molecule has 3 rings (SSSR count). The van der Waals surface area contributed by atoms with E-state index in [2.05, 4.69) is 9.97 Å². The van der Waals surface area contributed by atoms with Crippen molar-refractivity contribution in [2.75, 3.05) is 6.61 Å². The molecule has 2 heterocycles. The molecule has 0 aliphatic rings. The molecule has 0 amide bonds. The van der Waals surface area contributed by atoms with Crippen LogP contribution in [0.4, 0.5) is 0 Å². The molecule has 0 unspecified atom stereocenters. The van der Waals surface area contributed by atoms with Crippen molar-refractivity contribution in [3.8, 4) is 6.07 Å². The van der Waals surface area contributed by atoms with Gasteiger partial charge in [0.2, 0.25) is 0 Å². The van der Waals surface area contributed by atoms with E-state index in [1.807, 2.05) is 36.5 Å². The predicted molar refractivity (Wildman–Crippen MR) is 97.8 cm³/mol. The van der Waals surface area contributed by atoms with Gasteiger partial charge in [-0.05, 0) is 25.0 Å². The molecular formula is C19H17N3O3S. The van der Waals surface area contributed by atoms with Crippen molar-refractivity contribution in [1.82, 2.24) is 9.97 Å². The Morgan fingerprint density at radius 3 is 2.92 bits per heavy atom. The number of para-hydroxylation sites is 1. The van der Waals surface area contributed by atoms with Crippen molar-refractivity contribution < 1.29 is 14.3 Å². The van der Waals surface area contributed by atoms with Gasteiger partial charge in [0, 0.05) is 34.6 Å². The van der Waals surface area contributed by atoms with E-state index >= 15 is 0 Å². The number of hydrogen-bond acceptors (Lipinski definition) is 6. The number of hydrogen-bond donors (Lipinski definition) is 1. The standard InChI is InChI=1S/C19H17N3O3S/c1-12-11-26-19(22-12)15(8-20)17(23)10-25-18(24)7-6-13-9-21-16-5-3-2-4-14(13)16/h2-5,9,11,15,21H,6-7,10H2,1H3/t15-/m1/s1. The third-order valence-corrected chi connectivity index (χ3v) is 5.01. The summed E-state index contributed by atoms with van der Waals surface area (Å²) < 4.78 is 5.05. The van der Waals surface area contributed by atoms with E-state index in [-0.39, 0.29) is 6.42 Å². The Hall–Kier alpha value is -2.98. The molecule has 7 heteroatoms. The van der Waals surface area contributed by atoms with Crippen molar-refractivity contribution in [3.05, 3.63) is 52.1 Å². The molecule has 0 radical (unpaired) electrons. The minimum Gasteiger partial charge on any atom is -0.458 e. The summed E-state index contributed by atoms with van der Waals surface area (Å²) in [5.74, 6) is -1.91. The molecule has 1 aromatic carbocycles. The van der Waals surface area contributed by atoms with Gasteiger partial charge in [0.1, 0.15) is 5.01 Å². The smallest absolute Gasteiger partial charge is 0.306 e. The molecule has 6 nitrogen and oxygen atoms in total. The van der Waals surface area contributed by atoms with Crippen molar-refractivity contribution >= 4 is 34.0 Å². The summed E-state index contributed by atoms with van der Waals surface area (Å²) in [7, 11) is 0. The molecule has 0 saturated heterocycles. The van der Waals surface area contributed by atoms with Crippen LogP contribution in [0.15, 0.2) is 35.8 Å². The number of H-pyrrole nitrogens is 1. The third kappa shape index (κ3) is 3.98. The van der Waals surface area contributed by atoms with Crippen LogP contribution >= 0.6 is 11.3 Å². The average molecular weight is 367 g/mol. The van der Waals surface area contributed by atoms with Gasteiger partial charge in [-0.15, -0.1) is 11.3 Å². The molecule has 0 bridgehead atoms. The number of aromatic amines is 1. The van der Waals surface area contributed by atoms with Gasteiger partial charge in [-0.2, -0.15) is 5.26 Å². The number of thiazole rings is 1. The van der Waals surface area contributed by atoms with Gasteiger partial charge in [-0.25, -0.2) is 4.98 Å². The minimum absolute atomic E-state index is 0.169. The first kappa shape index (κ1) is 17.8. The van der Waals surface area contributed by atoms with Crippen molar-refractivity contribution in [1.29, 1.82) is 5.26 Å². The number of carbonyl (C=O) groups is 2. The number of ketones is 1. The Balaban J connectivity index is 1.52. The van der Waals surface area contributed by atoms with Crippen LogP contribution in [0, 0.1) is 18.3 Å². The lowest BCUT2D eigenvalue weighted by Gasteiger charge is -2.07. The molecule has 0 aliphatic carbocycles. The number of fused-ring (bicyclic) bond motifs is 1. The molecule has 26 heavy (non-hydrogen) atoms. The van der Waals surface area contributed by atoms with Gasteiger partial charge in [-0.1, -0.05) is 18.2 Å². The second-order valence-corrected chi connectivity index (χ2v) is 6.77. The highest BCUT2D eigenvalue weighted by molar-refractivity contribution is 7.09. The fraction of sp³-hybridized carbons (Fsp3) is 0.263. The molecular weight excluding hydrogens is 350 g/mol. The Morgan fingerprint density at radius 2 is 2.19 bits per heavy atom. The zero-order chi connectivity index (χ0) is 18.5. The molecule has 0 spiro atoms. The van der Waals surface area contributed by atoms with E-state index in [0.29, 0.717) is 11.4 Å². The highest BCUT2D eigenvalue weighted by Crippen LogP contribution is 2.21. The molecule has 0 fully saturated rings. The van der Waals surface area contributed by atoms with Crippen molar-refractivity contribution in [3.63, 3.8) is 0 Å². The van der Waals surface area contributed by atoms with Gasteiger partial charge in [-0.3, -0.25) is 9.59 Å². The van der Waals surface area contributed by atoms with E-state index in [1.54, 1.807) is 12.3 Å². The molecule has 0 aliphatic heterocycles. The average Bonchev–Trinajstić information content (AvgIpc) is 3.25. The van der Waals surface area contributed by atoms with Crippen LogP contribution in [0.3, 0.4) is 0 Å². The van der Waals surface area contributed by atoms with Gasteiger partial charge >= 0.3 is 5.97 Å². The molecule has 2 aromatic heterocycles. The highest BCUT2D eigenvalue weighted by Gasteiger charge is 2.24. The van der Waals surface area contributed by atoms with Gasteiger partial charge < -0.3 is 9.72 Å². The number of rotatable bonds is 7. The van der Waals surface area contributed by atoms with Crippen LogP contribution in [0.1, 0.15) is 28.6 Å². The lowest BCUT2D eigenvalue weighted by Crippen LogP contribution is -2.20. The van der Waals surface area contributed by atoms with E-state index in [0.717, 1.165) is 22.2 Å². The molecule has 3 aromatic rings. The molecule has 0 saturated carbocycles. The summed E-state index contributed by atoms with van der Waals surface area (Å²) in [5, 5.41) is 12.5. The predicted octanol–water partition coefficient (Wildman–Crippen LogP) is 3.29. The second kappa shape index (κ2) is 7.93. The first-order chi connectivity index (χ1) is 12.6. The SMILES string of the molecule is Cc1csc([C@H](C#N)C(=O)COC(=O)CCc2c[nH]c3ccccc23)n1. The minimum atomic E-state index is -0.991. The van der Waals surface area contributed by atoms with Gasteiger partial charge in [0.05, 0.1) is 6.07 Å². The highest BCUT2D eigenvalue weighted by atomic mass is 32.1. The summed E-state index contributed by atoms with van der Waals surface area (Å²) in [6, 6.07) is 9.78. The van der Waals surface area contributed by atoms with Gasteiger partial charge in [0.25, 0.3) is 0 Å². The van der Waals surface area contributed by atoms with Crippen LogP contribution in [0.25, 0.3) is 10.9 Å². The first-order valence-electron chi connectivity index (χ1n) is 8.13. The van der Waals surface area contributed by atoms with Gasteiger partial charge in [0.15, 0.2) is 18.3 Å². The number of aromatic nitrogens is 2. The third-order valence-electron chi connectivity index (χ3n) is 3.98. The Bertz CT molecular complexity index is 983. The largest absolute Gasteiger partial charge is 0.458 e. The fourth-order valence-electron chi connectivity index (χ4n) is 2.65. The number of esters is 1. The van der Waals surface area contributed by atoms with Crippen LogP contribution in [0.5, 0.6) is 0 Å². The summed E-state index contributed by atoms with van der Waals surface area (Å²) in [6.45, 7) is 1.38. The Labute approximate surface area is 154 Å². The van der Waals surface area contributed by atoms with E-state index in [4.69, 9.17) is 4.74 Å². The van der Waals surface area contributed by atoms with Crippen molar-refractivity contribution in [2.24, 2.45) is 0 Å². The zero-order valence-electron chi connectivity index (χ0n) is 14.2. The maximum Gasteiger partial charge on any atom is 0.306 e. The number of aryl methyl sites for hydroxylation is 2. The summed E-state index contributed by atoms with van der Waals surface area (Å²) >= 11 is 1.26. The normalized spacial score (nSPS) is 11.8. The number of ether oxygens (including phenoxy) is 1. The zero-order valence-corrected chi connectivity index (χ0v) is 15.0. The lowest BCUT2D eigenvalue weighted by molar-refractivity contribution is -0.148. The summed E-state index contributed by atoms with van der Waals surface area (Å²) in [4.78, 5) is 31.4. The Kier molecular flexibility index (Phi) is 5.44. The van der Waals surface area contributed by atoms with Crippen LogP contribution in [-0.2, 0) is 20.7 Å². The van der Waals surface area contributed by atoms with Crippen LogP contribution in [0.2, 0.25) is 0 Å². The van der Waals surface area contributed by atoms with Crippen LogP contribution in [-0.4, -0.2) is 28.3 Å². The number of carbonyl (C=O) groups excluding carboxylic acids is 2. The fourth-order valence-corrected chi connectivity index (χ4v) is 3.51. The number of nitrogens with zero attached hydrogens (tertiary/aromatic N) is 2. The van der Waals surface area contributed by atoms with Crippen LogP contribution < -0.4 is 0 Å². The molecule has 1 N–H and O–H groups in total. The monoisotopic (exact) mass is 367 g/mol. The Morgan fingerprint density at radius 1 is 1.38 bits per heavy atom. The topological polar surface area (TPSA) is 95.8 Å². The summed E-state index contributed by atoms with van der Waals surface area (Å²) in [5.41, 5.74) is 2.80. The van der Waals surface area contributed by atoms with E-state index in [9.17, 15) is 14.9 Å².